The number of para-hydroxylation sites is 1. The molecule has 3 aromatic carbocycles. The van der Waals surface area contributed by atoms with Crippen molar-refractivity contribution in [3.05, 3.63) is 89.6 Å². The predicted molar refractivity (Wildman–Crippen MR) is 129 cm³/mol. The van der Waals surface area contributed by atoms with Gasteiger partial charge in [-0.25, -0.2) is 4.68 Å². The summed E-state index contributed by atoms with van der Waals surface area (Å²) in [5.41, 5.74) is 10.0. The highest BCUT2D eigenvalue weighted by Crippen LogP contribution is 2.33. The zero-order valence-corrected chi connectivity index (χ0v) is 18.7. The number of aryl methyl sites for hydroxylation is 2. The van der Waals surface area contributed by atoms with Crippen LogP contribution < -0.4 is 14.9 Å². The molecule has 0 unspecified atom stereocenters. The van der Waals surface area contributed by atoms with Crippen LogP contribution in [0.15, 0.2) is 78.0 Å². The Hall–Kier alpha value is -4.06. The maximum absolute atomic E-state index is 5.49. The number of methoxy groups -OCH3 is 2. The van der Waals surface area contributed by atoms with E-state index in [1.54, 1.807) is 20.4 Å². The summed E-state index contributed by atoms with van der Waals surface area (Å²) >= 11 is 0. The van der Waals surface area contributed by atoms with Crippen LogP contribution in [0.1, 0.15) is 16.7 Å². The van der Waals surface area contributed by atoms with Crippen LogP contribution >= 0.6 is 0 Å². The zero-order valence-electron chi connectivity index (χ0n) is 18.7. The van der Waals surface area contributed by atoms with E-state index < -0.39 is 0 Å². The fraction of sp³-hybridized carbons (Fsp3) is 0.154. The van der Waals surface area contributed by atoms with Gasteiger partial charge in [-0.15, -0.1) is 0 Å². The first-order valence-corrected chi connectivity index (χ1v) is 10.3. The van der Waals surface area contributed by atoms with Crippen molar-refractivity contribution >= 4 is 11.9 Å². The monoisotopic (exact) mass is 426 g/mol. The minimum Gasteiger partial charge on any atom is -0.493 e. The number of rotatable bonds is 7. The van der Waals surface area contributed by atoms with Gasteiger partial charge in [0.1, 0.15) is 5.69 Å². The molecule has 0 saturated heterocycles. The van der Waals surface area contributed by atoms with Gasteiger partial charge in [-0.05, 0) is 55.8 Å². The average Bonchev–Trinajstić information content (AvgIpc) is 3.25. The topological polar surface area (TPSA) is 60.7 Å². The van der Waals surface area contributed by atoms with E-state index in [4.69, 9.17) is 14.6 Å². The van der Waals surface area contributed by atoms with Gasteiger partial charge < -0.3 is 9.47 Å². The van der Waals surface area contributed by atoms with Gasteiger partial charge >= 0.3 is 0 Å². The molecule has 6 nitrogen and oxygen atoms in total. The van der Waals surface area contributed by atoms with E-state index in [1.807, 2.05) is 65.5 Å². The normalized spacial score (nSPS) is 11.0. The fourth-order valence-electron chi connectivity index (χ4n) is 3.51. The summed E-state index contributed by atoms with van der Waals surface area (Å²) in [5, 5.41) is 9.33. The summed E-state index contributed by atoms with van der Waals surface area (Å²) in [6.07, 6.45) is 3.76. The lowest BCUT2D eigenvalue weighted by atomic mass is 10.1. The molecule has 4 rings (SSSR count). The second-order valence-corrected chi connectivity index (χ2v) is 7.47. The summed E-state index contributed by atoms with van der Waals surface area (Å²) < 4.78 is 12.7. The fourth-order valence-corrected chi connectivity index (χ4v) is 3.51. The summed E-state index contributed by atoms with van der Waals surface area (Å²) in [4.78, 5) is 0. The number of hydrogen-bond donors (Lipinski definition) is 1. The van der Waals surface area contributed by atoms with Gasteiger partial charge in [-0.3, -0.25) is 5.43 Å². The number of aromatic nitrogens is 2. The molecule has 0 aliphatic heterocycles. The van der Waals surface area contributed by atoms with E-state index in [0.29, 0.717) is 11.5 Å². The number of anilines is 1. The molecule has 0 aliphatic carbocycles. The summed E-state index contributed by atoms with van der Waals surface area (Å²) in [5.74, 6) is 1.32. The molecule has 0 radical (unpaired) electrons. The van der Waals surface area contributed by atoms with Gasteiger partial charge in [0, 0.05) is 17.3 Å². The smallest absolute Gasteiger partial charge is 0.161 e. The second-order valence-electron chi connectivity index (χ2n) is 7.47. The molecule has 4 aromatic rings. The van der Waals surface area contributed by atoms with Crippen molar-refractivity contribution in [2.45, 2.75) is 13.8 Å². The maximum atomic E-state index is 5.49. The van der Waals surface area contributed by atoms with Crippen LogP contribution in [0.25, 0.3) is 16.9 Å². The molecule has 0 amide bonds. The quantitative estimate of drug-likeness (QED) is 0.308. The molecule has 0 saturated carbocycles. The van der Waals surface area contributed by atoms with Crippen molar-refractivity contribution in [3.8, 4) is 28.4 Å². The molecule has 0 atom stereocenters. The minimum absolute atomic E-state index is 0.649. The zero-order chi connectivity index (χ0) is 22.5. The first-order chi connectivity index (χ1) is 15.6. The molecule has 162 valence electrons. The third kappa shape index (κ3) is 4.49. The first kappa shape index (κ1) is 21.2. The largest absolute Gasteiger partial charge is 0.493 e. The van der Waals surface area contributed by atoms with Gasteiger partial charge in [0.2, 0.25) is 0 Å². The Morgan fingerprint density at radius 3 is 2.41 bits per heavy atom. The van der Waals surface area contributed by atoms with E-state index in [0.717, 1.165) is 33.8 Å². The van der Waals surface area contributed by atoms with Gasteiger partial charge in [-0.2, -0.15) is 10.2 Å². The van der Waals surface area contributed by atoms with Gasteiger partial charge in [0.05, 0.1) is 31.8 Å². The minimum atomic E-state index is 0.649. The number of benzene rings is 3. The number of nitrogens with one attached hydrogen (secondary N) is 1. The average molecular weight is 427 g/mol. The summed E-state index contributed by atoms with van der Waals surface area (Å²) in [7, 11) is 3.25. The van der Waals surface area contributed by atoms with Gasteiger partial charge in [0.25, 0.3) is 0 Å². The van der Waals surface area contributed by atoms with E-state index in [2.05, 4.69) is 36.5 Å². The summed E-state index contributed by atoms with van der Waals surface area (Å²) in [6.45, 7) is 4.14. The lowest BCUT2D eigenvalue weighted by Gasteiger charge is -2.09. The van der Waals surface area contributed by atoms with E-state index in [-0.39, 0.29) is 0 Å². The molecule has 0 fully saturated rings. The van der Waals surface area contributed by atoms with Gasteiger partial charge in [0.15, 0.2) is 11.5 Å². The SMILES string of the molecule is COc1ccc(-c2nn(-c3ccccc3)cc2/C=N/Nc2ccc(C)cc2C)cc1OC. The van der Waals surface area contributed by atoms with E-state index in [1.165, 1.54) is 5.56 Å². The summed E-state index contributed by atoms with van der Waals surface area (Å²) in [6, 6.07) is 22.0. The number of ether oxygens (including phenoxy) is 2. The van der Waals surface area contributed by atoms with Crippen LogP contribution in [0, 0.1) is 13.8 Å². The lowest BCUT2D eigenvalue weighted by Crippen LogP contribution is -1.95. The van der Waals surface area contributed by atoms with Crippen molar-refractivity contribution in [1.29, 1.82) is 0 Å². The molecular formula is C26H26N4O2. The van der Waals surface area contributed by atoms with Crippen molar-refractivity contribution in [2.24, 2.45) is 5.10 Å². The highest BCUT2D eigenvalue weighted by Gasteiger charge is 2.14. The Kier molecular flexibility index (Phi) is 6.22. The van der Waals surface area contributed by atoms with Crippen LogP contribution in [0.4, 0.5) is 5.69 Å². The van der Waals surface area contributed by atoms with Crippen molar-refractivity contribution < 1.29 is 9.47 Å². The second kappa shape index (κ2) is 9.39. The molecule has 0 bridgehead atoms. The molecule has 1 aromatic heterocycles. The third-order valence-electron chi connectivity index (χ3n) is 5.19. The van der Waals surface area contributed by atoms with Crippen LogP contribution in [0.2, 0.25) is 0 Å². The molecule has 1 N–H and O–H groups in total. The van der Waals surface area contributed by atoms with Crippen LogP contribution in [0.5, 0.6) is 11.5 Å². The highest BCUT2D eigenvalue weighted by atomic mass is 16.5. The Balaban J connectivity index is 1.72. The van der Waals surface area contributed by atoms with Crippen LogP contribution in [-0.4, -0.2) is 30.2 Å². The van der Waals surface area contributed by atoms with Gasteiger partial charge in [-0.1, -0.05) is 35.9 Å². The maximum Gasteiger partial charge on any atom is 0.161 e. The third-order valence-corrected chi connectivity index (χ3v) is 5.19. The van der Waals surface area contributed by atoms with Crippen LogP contribution in [0.3, 0.4) is 0 Å². The molecule has 32 heavy (non-hydrogen) atoms. The number of hydrogen-bond acceptors (Lipinski definition) is 5. The highest BCUT2D eigenvalue weighted by molar-refractivity contribution is 5.89. The molecule has 1 heterocycles. The number of hydrazone groups is 1. The van der Waals surface area contributed by atoms with Crippen molar-refractivity contribution in [3.63, 3.8) is 0 Å². The molecular weight excluding hydrogens is 400 g/mol. The first-order valence-electron chi connectivity index (χ1n) is 10.3. The van der Waals surface area contributed by atoms with E-state index >= 15 is 0 Å². The Morgan fingerprint density at radius 1 is 0.906 bits per heavy atom. The molecule has 6 heteroatoms. The Labute approximate surface area is 188 Å². The Morgan fingerprint density at radius 2 is 1.69 bits per heavy atom. The van der Waals surface area contributed by atoms with Crippen molar-refractivity contribution in [1.82, 2.24) is 9.78 Å². The standard InChI is InChI=1S/C26H26N4O2/c1-18-10-12-23(19(2)14-18)28-27-16-21-17-30(22-8-6-5-7-9-22)29-26(21)20-11-13-24(31-3)25(15-20)32-4/h5-17,28H,1-4H3/b27-16+. The van der Waals surface area contributed by atoms with Crippen LogP contribution in [-0.2, 0) is 0 Å². The Bertz CT molecular complexity index is 1250. The van der Waals surface area contributed by atoms with E-state index in [9.17, 15) is 0 Å². The number of nitrogens with zero attached hydrogens (tertiary/aromatic N) is 3. The molecule has 0 aliphatic rings. The predicted octanol–water partition coefficient (Wildman–Crippen LogP) is 5.62. The molecule has 0 spiro atoms. The lowest BCUT2D eigenvalue weighted by molar-refractivity contribution is 0.355. The van der Waals surface area contributed by atoms with Crippen molar-refractivity contribution in [2.75, 3.05) is 19.6 Å².